The predicted octanol–water partition coefficient (Wildman–Crippen LogP) is 3.24. The summed E-state index contributed by atoms with van der Waals surface area (Å²) in [5.74, 6) is -2.51. The van der Waals surface area contributed by atoms with E-state index in [-0.39, 0.29) is 25.0 Å². The number of fused-ring (bicyclic) bond motifs is 1. The summed E-state index contributed by atoms with van der Waals surface area (Å²) < 4.78 is 12.4. The Morgan fingerprint density at radius 3 is 2.61 bits per heavy atom. The van der Waals surface area contributed by atoms with Gasteiger partial charge in [0.15, 0.2) is 0 Å². The molecule has 0 radical (unpaired) electrons. The molecular weight excluding hydrogens is 460 g/mol. The topological polar surface area (TPSA) is 96.4 Å². The molecule has 3 saturated heterocycles. The van der Waals surface area contributed by atoms with Gasteiger partial charge in [-0.2, -0.15) is 0 Å². The number of amides is 2. The first-order valence-electron chi connectivity index (χ1n) is 13.6. The Balaban J connectivity index is 2.00. The van der Waals surface area contributed by atoms with E-state index in [2.05, 4.69) is 20.1 Å². The van der Waals surface area contributed by atoms with Gasteiger partial charge in [-0.15, -0.1) is 13.2 Å². The molecule has 2 unspecified atom stereocenters. The lowest BCUT2D eigenvalue weighted by molar-refractivity contribution is -0.163. The van der Waals surface area contributed by atoms with Crippen LogP contribution in [-0.4, -0.2) is 82.3 Å². The molecule has 202 valence electrons. The van der Waals surface area contributed by atoms with Crippen LogP contribution in [0.4, 0.5) is 0 Å². The first kappa shape index (κ1) is 28.4. The van der Waals surface area contributed by atoms with Gasteiger partial charge in [0.25, 0.3) is 0 Å². The number of carbonyl (C=O) groups is 3. The standard InChI is InChI=1S/C28H44N2O6/c1-6-10-12-17-29(16-8-3)25(33)23-28-15-14-27(9-4,36-28)22(26(34)35-18-13-11-7-2)21(28)24(32)30(23)20(5)19-31/h7-8,20-23,31H,2-3,6,9-19H2,1,4-5H3/t20-,21+,22+,23?,27-,28?/m1/s1. The van der Waals surface area contributed by atoms with Crippen molar-refractivity contribution < 1.29 is 29.0 Å². The smallest absolute Gasteiger partial charge is 0.312 e. The van der Waals surface area contributed by atoms with Gasteiger partial charge in [0, 0.05) is 13.1 Å². The molecule has 1 N–H and O–H groups in total. The lowest BCUT2D eigenvalue weighted by Gasteiger charge is -2.38. The summed E-state index contributed by atoms with van der Waals surface area (Å²) in [4.78, 5) is 44.8. The highest BCUT2D eigenvalue weighted by Crippen LogP contribution is 2.64. The Bertz CT molecular complexity index is 846. The summed E-state index contributed by atoms with van der Waals surface area (Å²) >= 11 is 0. The highest BCUT2D eigenvalue weighted by atomic mass is 16.6. The number of allylic oxidation sites excluding steroid dienone is 1. The third-order valence-corrected chi connectivity index (χ3v) is 8.34. The van der Waals surface area contributed by atoms with Gasteiger partial charge >= 0.3 is 5.97 Å². The van der Waals surface area contributed by atoms with Gasteiger partial charge in [0.1, 0.15) is 17.6 Å². The number of nitrogens with zero attached hydrogens (tertiary/aromatic N) is 2. The Labute approximate surface area is 215 Å². The van der Waals surface area contributed by atoms with Crippen LogP contribution in [0, 0.1) is 11.8 Å². The number of rotatable bonds is 15. The van der Waals surface area contributed by atoms with Gasteiger partial charge in [-0.1, -0.05) is 38.8 Å². The highest BCUT2D eigenvalue weighted by molar-refractivity contribution is 5.98. The number of aliphatic hydroxyl groups is 1. The molecule has 8 nitrogen and oxygen atoms in total. The zero-order chi connectivity index (χ0) is 26.5. The number of likely N-dealkylation sites (tertiary alicyclic amines) is 1. The average molecular weight is 505 g/mol. The quantitative estimate of drug-likeness (QED) is 0.209. The van der Waals surface area contributed by atoms with E-state index in [1.807, 2.05) is 6.92 Å². The molecule has 2 bridgehead atoms. The minimum absolute atomic E-state index is 0.200. The molecule has 0 aromatic rings. The number of hydrogen-bond acceptors (Lipinski definition) is 6. The largest absolute Gasteiger partial charge is 0.465 e. The molecule has 6 atom stereocenters. The van der Waals surface area contributed by atoms with Crippen molar-refractivity contribution in [2.24, 2.45) is 11.8 Å². The number of esters is 1. The van der Waals surface area contributed by atoms with Gasteiger partial charge < -0.3 is 24.4 Å². The third kappa shape index (κ3) is 4.74. The van der Waals surface area contributed by atoms with Crippen LogP contribution in [0.15, 0.2) is 25.3 Å². The summed E-state index contributed by atoms with van der Waals surface area (Å²) in [6.07, 6.45) is 9.37. The zero-order valence-electron chi connectivity index (χ0n) is 22.2. The zero-order valence-corrected chi connectivity index (χ0v) is 22.2. The number of unbranched alkanes of at least 4 members (excludes halogenated alkanes) is 3. The van der Waals surface area contributed by atoms with E-state index in [9.17, 15) is 19.5 Å². The van der Waals surface area contributed by atoms with Crippen LogP contribution < -0.4 is 0 Å². The van der Waals surface area contributed by atoms with Gasteiger partial charge in [0.05, 0.1) is 30.8 Å². The fraction of sp³-hybridized carbons (Fsp3) is 0.750. The maximum atomic E-state index is 14.1. The van der Waals surface area contributed by atoms with Gasteiger partial charge in [-0.25, -0.2) is 0 Å². The molecule has 1 spiro atoms. The normalized spacial score (nSPS) is 31.3. The SMILES string of the molecule is C=CCCCOC(=O)[C@@H]1[C@H]2C(=O)N([C@H](C)CO)C(C(=O)N(CC=C)CCCCC)C23CC[C@@]1(CC)O3. The van der Waals surface area contributed by atoms with Gasteiger partial charge in [-0.3, -0.25) is 14.4 Å². The second-order valence-corrected chi connectivity index (χ2v) is 10.5. The Morgan fingerprint density at radius 2 is 2.00 bits per heavy atom. The Morgan fingerprint density at radius 1 is 1.25 bits per heavy atom. The first-order chi connectivity index (χ1) is 17.3. The van der Waals surface area contributed by atoms with Crippen LogP contribution in [0.5, 0.6) is 0 Å². The van der Waals surface area contributed by atoms with Crippen LogP contribution in [0.2, 0.25) is 0 Å². The minimum Gasteiger partial charge on any atom is -0.465 e. The van der Waals surface area contributed by atoms with E-state index < -0.39 is 41.1 Å². The van der Waals surface area contributed by atoms with Gasteiger partial charge in [-0.05, 0) is 45.4 Å². The molecule has 2 amide bonds. The molecule has 3 aliphatic heterocycles. The van der Waals surface area contributed by atoms with Crippen molar-refractivity contribution in [2.45, 2.75) is 95.4 Å². The third-order valence-electron chi connectivity index (χ3n) is 8.34. The molecule has 3 heterocycles. The number of aliphatic hydroxyl groups excluding tert-OH is 1. The van der Waals surface area contributed by atoms with Gasteiger partial charge in [0.2, 0.25) is 11.8 Å². The molecule has 0 aliphatic carbocycles. The fourth-order valence-corrected chi connectivity index (χ4v) is 6.52. The highest BCUT2D eigenvalue weighted by Gasteiger charge is 2.79. The van der Waals surface area contributed by atoms with Crippen molar-refractivity contribution in [1.29, 1.82) is 0 Å². The van der Waals surface area contributed by atoms with Crippen molar-refractivity contribution in [1.82, 2.24) is 9.80 Å². The van der Waals surface area contributed by atoms with Crippen molar-refractivity contribution in [2.75, 3.05) is 26.3 Å². The van der Waals surface area contributed by atoms with E-state index in [4.69, 9.17) is 9.47 Å². The number of ether oxygens (including phenoxy) is 2. The molecule has 0 aromatic carbocycles. The second kappa shape index (κ2) is 11.9. The lowest BCUT2D eigenvalue weighted by atomic mass is 9.65. The van der Waals surface area contributed by atoms with E-state index in [0.717, 1.165) is 25.7 Å². The summed E-state index contributed by atoms with van der Waals surface area (Å²) in [6, 6.07) is -1.48. The summed E-state index contributed by atoms with van der Waals surface area (Å²) in [7, 11) is 0. The van der Waals surface area contributed by atoms with E-state index in [1.54, 1.807) is 24.0 Å². The summed E-state index contributed by atoms with van der Waals surface area (Å²) in [5, 5.41) is 10.0. The van der Waals surface area contributed by atoms with E-state index in [0.29, 0.717) is 38.8 Å². The van der Waals surface area contributed by atoms with Crippen LogP contribution in [0.25, 0.3) is 0 Å². The van der Waals surface area contributed by atoms with E-state index >= 15 is 0 Å². The molecule has 3 fully saturated rings. The van der Waals surface area contributed by atoms with Crippen LogP contribution in [0.1, 0.15) is 72.1 Å². The molecule has 0 aromatic heterocycles. The Hall–Kier alpha value is -2.19. The number of hydrogen-bond donors (Lipinski definition) is 1. The molecule has 36 heavy (non-hydrogen) atoms. The first-order valence-corrected chi connectivity index (χ1v) is 13.6. The van der Waals surface area contributed by atoms with Crippen LogP contribution in [0.3, 0.4) is 0 Å². The monoisotopic (exact) mass is 504 g/mol. The average Bonchev–Trinajstić information content (AvgIpc) is 3.49. The maximum absolute atomic E-state index is 14.1. The van der Waals surface area contributed by atoms with Crippen molar-refractivity contribution in [3.63, 3.8) is 0 Å². The maximum Gasteiger partial charge on any atom is 0.312 e. The predicted molar refractivity (Wildman–Crippen MR) is 137 cm³/mol. The summed E-state index contributed by atoms with van der Waals surface area (Å²) in [6.45, 7) is 14.2. The fourth-order valence-electron chi connectivity index (χ4n) is 6.52. The van der Waals surface area contributed by atoms with Crippen molar-refractivity contribution >= 4 is 17.8 Å². The Kier molecular flexibility index (Phi) is 9.39. The molecule has 3 aliphatic rings. The number of carbonyl (C=O) groups excluding carboxylic acids is 3. The second-order valence-electron chi connectivity index (χ2n) is 10.5. The van der Waals surface area contributed by atoms with E-state index in [1.165, 1.54) is 4.90 Å². The molecular formula is C28H44N2O6. The van der Waals surface area contributed by atoms with Crippen molar-refractivity contribution in [3.05, 3.63) is 25.3 Å². The summed E-state index contributed by atoms with van der Waals surface area (Å²) in [5.41, 5.74) is -1.93. The van der Waals surface area contributed by atoms with Crippen LogP contribution >= 0.6 is 0 Å². The molecule has 3 rings (SSSR count). The minimum atomic E-state index is -1.11. The van der Waals surface area contributed by atoms with Crippen LogP contribution in [-0.2, 0) is 23.9 Å². The molecule has 8 heteroatoms. The van der Waals surface area contributed by atoms with Crippen molar-refractivity contribution in [3.8, 4) is 0 Å². The molecule has 0 saturated carbocycles. The lowest BCUT2D eigenvalue weighted by Crippen LogP contribution is -2.58.